The Kier molecular flexibility index (Phi) is 6.31. The normalized spacial score (nSPS) is 10.6. The van der Waals surface area contributed by atoms with Crippen LogP contribution in [-0.2, 0) is 0 Å². The second-order valence-electron chi connectivity index (χ2n) is 4.97. The van der Waals surface area contributed by atoms with Crippen LogP contribution in [0.3, 0.4) is 0 Å². The number of amides is 2. The summed E-state index contributed by atoms with van der Waals surface area (Å²) < 4.78 is 18.4. The van der Waals surface area contributed by atoms with Crippen molar-refractivity contribution in [1.29, 1.82) is 0 Å². The van der Waals surface area contributed by atoms with E-state index in [1.807, 2.05) is 26.0 Å². The Morgan fingerprint density at radius 3 is 2.17 bits per heavy atom. The van der Waals surface area contributed by atoms with Crippen molar-refractivity contribution in [2.45, 2.75) is 13.8 Å². The molecule has 0 saturated heterocycles. The highest BCUT2D eigenvalue weighted by Crippen LogP contribution is 2.21. The molecule has 0 fully saturated rings. The van der Waals surface area contributed by atoms with Gasteiger partial charge in [-0.15, -0.1) is 0 Å². The molecular weight excluding hydrogens is 309 g/mol. The van der Waals surface area contributed by atoms with Crippen LogP contribution < -0.4 is 10.2 Å². The zero-order valence-corrected chi connectivity index (χ0v) is 13.7. The number of carbonyl (C=O) groups is 1. The first-order chi connectivity index (χ1) is 11.6. The topological polar surface area (TPSA) is 53.9 Å². The largest absolute Gasteiger partial charge is 0.457 e. The number of rotatable bonds is 6. The van der Waals surface area contributed by atoms with E-state index in [0.29, 0.717) is 24.6 Å². The van der Waals surface area contributed by atoms with E-state index in [-0.39, 0.29) is 11.8 Å². The molecule has 0 aliphatic carbocycles. The van der Waals surface area contributed by atoms with Gasteiger partial charge in [0.1, 0.15) is 17.3 Å². The molecule has 2 rings (SSSR count). The Labute approximate surface area is 140 Å². The van der Waals surface area contributed by atoms with Gasteiger partial charge in [0.15, 0.2) is 0 Å². The van der Waals surface area contributed by atoms with Gasteiger partial charge in [0.25, 0.3) is 0 Å². The summed E-state index contributed by atoms with van der Waals surface area (Å²) in [7, 11) is 0. The van der Waals surface area contributed by atoms with E-state index in [0.717, 1.165) is 5.56 Å². The monoisotopic (exact) mass is 329 g/mol. The van der Waals surface area contributed by atoms with Gasteiger partial charge < -0.3 is 9.64 Å². The minimum atomic E-state index is -0.305. The number of benzene rings is 2. The molecule has 0 radical (unpaired) electrons. The van der Waals surface area contributed by atoms with Crippen molar-refractivity contribution in [2.75, 3.05) is 13.1 Å². The molecule has 2 amide bonds. The fraction of sp³-hybridized carbons (Fsp3) is 0.222. The number of hydrogen-bond acceptors (Lipinski definition) is 3. The number of hydrogen-bond donors (Lipinski definition) is 1. The molecule has 1 N–H and O–H groups in total. The molecule has 0 saturated carbocycles. The average Bonchev–Trinajstić information content (AvgIpc) is 2.59. The Morgan fingerprint density at radius 2 is 1.62 bits per heavy atom. The molecule has 0 spiro atoms. The minimum Gasteiger partial charge on any atom is -0.457 e. The van der Waals surface area contributed by atoms with Crippen molar-refractivity contribution in [3.05, 3.63) is 59.9 Å². The third-order valence-electron chi connectivity index (χ3n) is 3.35. The first-order valence-corrected chi connectivity index (χ1v) is 7.73. The van der Waals surface area contributed by atoms with Gasteiger partial charge in [-0.3, -0.25) is 0 Å². The number of carbonyl (C=O) groups excluding carboxylic acids is 1. The molecular formula is C18H20FN3O2. The maximum atomic E-state index is 12.8. The van der Waals surface area contributed by atoms with Gasteiger partial charge in [-0.05, 0) is 67.9 Å². The second kappa shape index (κ2) is 8.67. The van der Waals surface area contributed by atoms with E-state index < -0.39 is 0 Å². The lowest BCUT2D eigenvalue weighted by molar-refractivity contribution is 0.204. The van der Waals surface area contributed by atoms with E-state index in [9.17, 15) is 9.18 Å². The lowest BCUT2D eigenvalue weighted by Crippen LogP contribution is -2.37. The summed E-state index contributed by atoms with van der Waals surface area (Å²) in [5, 5.41) is 3.93. The highest BCUT2D eigenvalue weighted by Gasteiger charge is 2.06. The summed E-state index contributed by atoms with van der Waals surface area (Å²) in [4.78, 5) is 13.4. The number of urea groups is 1. The maximum Gasteiger partial charge on any atom is 0.337 e. The van der Waals surface area contributed by atoms with Crippen molar-refractivity contribution in [3.63, 3.8) is 0 Å². The van der Waals surface area contributed by atoms with Crippen LogP contribution in [0.25, 0.3) is 0 Å². The summed E-state index contributed by atoms with van der Waals surface area (Å²) in [6.07, 6.45) is 1.56. The number of ether oxygens (including phenoxy) is 1. The fourth-order valence-electron chi connectivity index (χ4n) is 2.00. The van der Waals surface area contributed by atoms with Crippen LogP contribution in [0.5, 0.6) is 11.5 Å². The molecule has 0 atom stereocenters. The van der Waals surface area contributed by atoms with Gasteiger partial charge in [-0.2, -0.15) is 5.10 Å². The number of nitrogens with zero attached hydrogens (tertiary/aromatic N) is 2. The summed E-state index contributed by atoms with van der Waals surface area (Å²) in [5.41, 5.74) is 3.30. The lowest BCUT2D eigenvalue weighted by Gasteiger charge is -2.16. The summed E-state index contributed by atoms with van der Waals surface area (Å²) in [5.74, 6) is 0.885. The van der Waals surface area contributed by atoms with Gasteiger partial charge in [-0.1, -0.05) is 0 Å². The van der Waals surface area contributed by atoms with Crippen molar-refractivity contribution >= 4 is 12.2 Å². The van der Waals surface area contributed by atoms with E-state index in [1.165, 1.54) is 12.1 Å². The molecule has 0 bridgehead atoms. The van der Waals surface area contributed by atoms with Crippen molar-refractivity contribution in [1.82, 2.24) is 10.3 Å². The first kappa shape index (κ1) is 17.5. The highest BCUT2D eigenvalue weighted by molar-refractivity contribution is 5.82. The summed E-state index contributed by atoms with van der Waals surface area (Å²) in [6.45, 7) is 5.08. The quantitative estimate of drug-likeness (QED) is 0.643. The number of halogens is 1. The molecule has 0 unspecified atom stereocenters. The molecule has 0 aliphatic heterocycles. The lowest BCUT2D eigenvalue weighted by atomic mass is 10.2. The standard InChI is InChI=1S/C18H20FN3O2/c1-3-22(4-2)18(23)21-20-13-14-5-9-16(10-6-14)24-17-11-7-15(19)8-12-17/h5-13H,3-4H2,1-2H3,(H,21,23). The van der Waals surface area contributed by atoms with Gasteiger partial charge in [0.2, 0.25) is 0 Å². The number of nitrogens with one attached hydrogen (secondary N) is 1. The molecule has 24 heavy (non-hydrogen) atoms. The van der Waals surface area contributed by atoms with Gasteiger partial charge >= 0.3 is 6.03 Å². The van der Waals surface area contributed by atoms with E-state index in [4.69, 9.17) is 4.74 Å². The van der Waals surface area contributed by atoms with E-state index in [2.05, 4.69) is 10.5 Å². The first-order valence-electron chi connectivity index (χ1n) is 7.73. The van der Waals surface area contributed by atoms with Crippen LogP contribution in [0.15, 0.2) is 53.6 Å². The molecule has 2 aromatic carbocycles. The fourth-order valence-corrected chi connectivity index (χ4v) is 2.00. The average molecular weight is 329 g/mol. The second-order valence-corrected chi connectivity index (χ2v) is 4.97. The van der Waals surface area contributed by atoms with Crippen molar-refractivity contribution < 1.29 is 13.9 Å². The van der Waals surface area contributed by atoms with Gasteiger partial charge in [0, 0.05) is 13.1 Å². The molecule has 0 aromatic heterocycles. The van der Waals surface area contributed by atoms with Crippen LogP contribution in [0, 0.1) is 5.82 Å². The molecule has 2 aromatic rings. The zero-order chi connectivity index (χ0) is 17.4. The Morgan fingerprint density at radius 1 is 1.08 bits per heavy atom. The van der Waals surface area contributed by atoms with Crippen LogP contribution in [-0.4, -0.2) is 30.2 Å². The van der Waals surface area contributed by atoms with Crippen LogP contribution in [0.4, 0.5) is 9.18 Å². The third-order valence-corrected chi connectivity index (χ3v) is 3.35. The van der Waals surface area contributed by atoms with Gasteiger partial charge in [0.05, 0.1) is 6.21 Å². The van der Waals surface area contributed by atoms with E-state index in [1.54, 1.807) is 35.4 Å². The maximum absolute atomic E-state index is 12.8. The van der Waals surface area contributed by atoms with Crippen molar-refractivity contribution in [3.8, 4) is 11.5 Å². The minimum absolute atomic E-state index is 0.229. The Balaban J connectivity index is 1.90. The number of hydrazone groups is 1. The van der Waals surface area contributed by atoms with E-state index >= 15 is 0 Å². The van der Waals surface area contributed by atoms with Crippen LogP contribution >= 0.6 is 0 Å². The molecule has 5 nitrogen and oxygen atoms in total. The zero-order valence-electron chi connectivity index (χ0n) is 13.7. The van der Waals surface area contributed by atoms with Gasteiger partial charge in [-0.25, -0.2) is 14.6 Å². The predicted molar refractivity (Wildman–Crippen MR) is 92.0 cm³/mol. The molecule has 0 heterocycles. The molecule has 0 aliphatic rings. The Bertz CT molecular complexity index is 680. The predicted octanol–water partition coefficient (Wildman–Crippen LogP) is 4.00. The van der Waals surface area contributed by atoms with Crippen LogP contribution in [0.2, 0.25) is 0 Å². The third kappa shape index (κ3) is 5.08. The Hall–Kier alpha value is -2.89. The molecule has 126 valence electrons. The van der Waals surface area contributed by atoms with Crippen molar-refractivity contribution in [2.24, 2.45) is 5.10 Å². The summed E-state index contributed by atoms with van der Waals surface area (Å²) >= 11 is 0. The highest BCUT2D eigenvalue weighted by atomic mass is 19.1. The SMILES string of the molecule is CCN(CC)C(=O)NN=Cc1ccc(Oc2ccc(F)cc2)cc1. The smallest absolute Gasteiger partial charge is 0.337 e. The van der Waals surface area contributed by atoms with Crippen LogP contribution in [0.1, 0.15) is 19.4 Å². The molecule has 6 heteroatoms. The summed E-state index contributed by atoms with van der Waals surface area (Å²) in [6, 6.07) is 12.8.